The molecule has 2 aromatic rings. The summed E-state index contributed by atoms with van der Waals surface area (Å²) in [7, 11) is 0. The van der Waals surface area contributed by atoms with E-state index in [1.165, 1.54) is 16.0 Å². The van der Waals surface area contributed by atoms with Crippen molar-refractivity contribution in [1.82, 2.24) is 0 Å². The summed E-state index contributed by atoms with van der Waals surface area (Å²) in [6, 6.07) is 13.4. The molecule has 2 rings (SSSR count). The second-order valence-corrected chi connectivity index (χ2v) is 7.00. The van der Waals surface area contributed by atoms with E-state index in [0.717, 1.165) is 13.0 Å². The van der Waals surface area contributed by atoms with Crippen LogP contribution in [-0.2, 0) is 5.41 Å². The fourth-order valence-electron chi connectivity index (χ4n) is 2.34. The lowest BCUT2D eigenvalue weighted by molar-refractivity contribution is 0.589. The lowest BCUT2D eigenvalue weighted by Crippen LogP contribution is -2.12. The van der Waals surface area contributed by atoms with Crippen LogP contribution >= 0.6 is 11.3 Å². The lowest BCUT2D eigenvalue weighted by atomic mass is 9.85. The van der Waals surface area contributed by atoms with E-state index < -0.39 is 0 Å². The van der Waals surface area contributed by atoms with Gasteiger partial charge >= 0.3 is 0 Å². The Morgan fingerprint density at radius 1 is 1.11 bits per heavy atom. The molecule has 0 amide bonds. The summed E-state index contributed by atoms with van der Waals surface area (Å²) in [5.41, 5.74) is 8.75. The SMILES string of the molecule is CC(C)(C)c1ccc(C(CCN)c2cccs2)cc1. The van der Waals surface area contributed by atoms with Gasteiger partial charge in [0.1, 0.15) is 0 Å². The van der Waals surface area contributed by atoms with Crippen molar-refractivity contribution in [2.45, 2.75) is 38.5 Å². The van der Waals surface area contributed by atoms with E-state index in [1.807, 2.05) is 11.3 Å². The van der Waals surface area contributed by atoms with Crippen LogP contribution in [0, 0.1) is 0 Å². The number of hydrogen-bond acceptors (Lipinski definition) is 2. The standard InChI is InChI=1S/C17H23NS/c1-17(2,3)14-8-6-13(7-9-14)15(10-11-18)16-5-4-12-19-16/h4-9,12,15H,10-11,18H2,1-3H3. The number of benzene rings is 1. The van der Waals surface area contributed by atoms with Crippen molar-refractivity contribution in [3.63, 3.8) is 0 Å². The molecule has 0 saturated heterocycles. The first-order valence-corrected chi connectivity index (χ1v) is 7.74. The number of hydrogen-bond donors (Lipinski definition) is 1. The minimum absolute atomic E-state index is 0.213. The van der Waals surface area contributed by atoms with Crippen molar-refractivity contribution in [2.75, 3.05) is 6.54 Å². The van der Waals surface area contributed by atoms with Gasteiger partial charge in [0, 0.05) is 10.8 Å². The van der Waals surface area contributed by atoms with Crippen LogP contribution in [0.1, 0.15) is 49.1 Å². The van der Waals surface area contributed by atoms with Gasteiger partial charge < -0.3 is 5.73 Å². The summed E-state index contributed by atoms with van der Waals surface area (Å²) in [5.74, 6) is 0.444. The lowest BCUT2D eigenvalue weighted by Gasteiger charge is -2.21. The van der Waals surface area contributed by atoms with Gasteiger partial charge in [-0.25, -0.2) is 0 Å². The van der Waals surface area contributed by atoms with Gasteiger partial charge in [0.15, 0.2) is 0 Å². The number of nitrogens with two attached hydrogens (primary N) is 1. The largest absolute Gasteiger partial charge is 0.330 e. The molecular formula is C17H23NS. The Bertz CT molecular complexity index is 491. The molecule has 0 bridgehead atoms. The predicted molar refractivity (Wildman–Crippen MR) is 85.0 cm³/mol. The van der Waals surface area contributed by atoms with Crippen LogP contribution in [0.15, 0.2) is 41.8 Å². The van der Waals surface area contributed by atoms with E-state index in [-0.39, 0.29) is 5.41 Å². The van der Waals surface area contributed by atoms with Gasteiger partial charge in [0.25, 0.3) is 0 Å². The van der Waals surface area contributed by atoms with Gasteiger partial charge in [-0.05, 0) is 41.0 Å². The minimum atomic E-state index is 0.213. The van der Waals surface area contributed by atoms with Gasteiger partial charge in [0.2, 0.25) is 0 Å². The predicted octanol–water partition coefficient (Wildman–Crippen LogP) is 4.53. The zero-order chi connectivity index (χ0) is 13.9. The third kappa shape index (κ3) is 3.46. The van der Waals surface area contributed by atoms with Crippen molar-refractivity contribution < 1.29 is 0 Å². The molecule has 19 heavy (non-hydrogen) atoms. The van der Waals surface area contributed by atoms with Crippen LogP contribution in [-0.4, -0.2) is 6.54 Å². The maximum absolute atomic E-state index is 5.78. The van der Waals surface area contributed by atoms with Crippen molar-refractivity contribution >= 4 is 11.3 Å². The molecule has 0 saturated carbocycles. The molecule has 0 spiro atoms. The first kappa shape index (κ1) is 14.3. The van der Waals surface area contributed by atoms with E-state index in [4.69, 9.17) is 5.73 Å². The summed E-state index contributed by atoms with van der Waals surface area (Å²) in [6.07, 6.45) is 1.01. The maximum Gasteiger partial charge on any atom is 0.0195 e. The van der Waals surface area contributed by atoms with Gasteiger partial charge in [-0.2, -0.15) is 0 Å². The first-order chi connectivity index (χ1) is 9.02. The molecule has 0 aliphatic carbocycles. The quantitative estimate of drug-likeness (QED) is 0.870. The van der Waals surface area contributed by atoms with Crippen LogP contribution in [0.4, 0.5) is 0 Å². The minimum Gasteiger partial charge on any atom is -0.330 e. The molecule has 0 aliphatic rings. The third-order valence-corrected chi connectivity index (χ3v) is 4.51. The second kappa shape index (κ2) is 5.89. The maximum atomic E-state index is 5.78. The molecule has 2 heteroatoms. The molecule has 1 unspecified atom stereocenters. The highest BCUT2D eigenvalue weighted by Gasteiger charge is 2.17. The zero-order valence-corrected chi connectivity index (χ0v) is 12.8. The third-order valence-electron chi connectivity index (χ3n) is 3.52. The van der Waals surface area contributed by atoms with Crippen molar-refractivity contribution in [1.29, 1.82) is 0 Å². The number of rotatable bonds is 4. The summed E-state index contributed by atoms with van der Waals surface area (Å²) < 4.78 is 0. The molecule has 1 aromatic heterocycles. The Kier molecular flexibility index (Phi) is 4.43. The zero-order valence-electron chi connectivity index (χ0n) is 12.0. The molecule has 2 N–H and O–H groups in total. The second-order valence-electron chi connectivity index (χ2n) is 6.02. The van der Waals surface area contributed by atoms with Crippen LogP contribution in [0.5, 0.6) is 0 Å². The van der Waals surface area contributed by atoms with E-state index in [9.17, 15) is 0 Å². The van der Waals surface area contributed by atoms with E-state index in [1.54, 1.807) is 0 Å². The van der Waals surface area contributed by atoms with Crippen LogP contribution in [0.2, 0.25) is 0 Å². The molecule has 1 nitrogen and oxygen atoms in total. The monoisotopic (exact) mass is 273 g/mol. The summed E-state index contributed by atoms with van der Waals surface area (Å²) in [6.45, 7) is 7.47. The van der Waals surface area contributed by atoms with Gasteiger partial charge in [-0.3, -0.25) is 0 Å². The summed E-state index contributed by atoms with van der Waals surface area (Å²) in [4.78, 5) is 1.41. The van der Waals surface area contributed by atoms with Gasteiger partial charge in [-0.1, -0.05) is 51.1 Å². The fourth-order valence-corrected chi connectivity index (χ4v) is 3.23. The van der Waals surface area contributed by atoms with Crippen LogP contribution in [0.25, 0.3) is 0 Å². The average Bonchev–Trinajstić information content (AvgIpc) is 2.89. The van der Waals surface area contributed by atoms with Gasteiger partial charge in [-0.15, -0.1) is 11.3 Å². The van der Waals surface area contributed by atoms with E-state index in [0.29, 0.717) is 5.92 Å². The molecule has 0 radical (unpaired) electrons. The fraction of sp³-hybridized carbons (Fsp3) is 0.412. The normalized spacial score (nSPS) is 13.5. The smallest absolute Gasteiger partial charge is 0.0195 e. The molecule has 1 atom stereocenters. The molecule has 102 valence electrons. The summed E-state index contributed by atoms with van der Waals surface area (Å²) >= 11 is 1.82. The molecule has 1 heterocycles. The van der Waals surface area contributed by atoms with Crippen LogP contribution < -0.4 is 5.73 Å². The highest BCUT2D eigenvalue weighted by Crippen LogP contribution is 2.32. The van der Waals surface area contributed by atoms with Crippen LogP contribution in [0.3, 0.4) is 0 Å². The van der Waals surface area contributed by atoms with Gasteiger partial charge in [0.05, 0.1) is 0 Å². The molecular weight excluding hydrogens is 250 g/mol. The van der Waals surface area contributed by atoms with E-state index >= 15 is 0 Å². The van der Waals surface area contributed by atoms with Crippen molar-refractivity contribution in [2.24, 2.45) is 5.73 Å². The number of thiophene rings is 1. The Hall–Kier alpha value is -1.12. The average molecular weight is 273 g/mol. The Morgan fingerprint density at radius 2 is 1.79 bits per heavy atom. The molecule has 0 fully saturated rings. The Balaban J connectivity index is 2.28. The van der Waals surface area contributed by atoms with Crippen molar-refractivity contribution in [3.8, 4) is 0 Å². The molecule has 1 aromatic carbocycles. The highest BCUT2D eigenvalue weighted by atomic mass is 32.1. The van der Waals surface area contributed by atoms with Crippen molar-refractivity contribution in [3.05, 3.63) is 57.8 Å². The summed E-state index contributed by atoms with van der Waals surface area (Å²) in [5, 5.41) is 2.14. The first-order valence-electron chi connectivity index (χ1n) is 6.86. The highest BCUT2D eigenvalue weighted by molar-refractivity contribution is 7.10. The Morgan fingerprint density at radius 3 is 2.26 bits per heavy atom. The topological polar surface area (TPSA) is 26.0 Å². The molecule has 0 aliphatic heterocycles. The Labute approximate surface area is 120 Å². The van der Waals surface area contributed by atoms with E-state index in [2.05, 4.69) is 62.5 Å².